The highest BCUT2D eigenvalue weighted by Crippen LogP contribution is 2.19. The molecule has 1 aromatic heterocycles. The van der Waals surface area contributed by atoms with E-state index in [1.165, 1.54) is 0 Å². The Morgan fingerprint density at radius 2 is 2.14 bits per heavy atom. The Bertz CT molecular complexity index is 607. The minimum atomic E-state index is -0.234. The molecule has 0 radical (unpaired) electrons. The average Bonchev–Trinajstić information content (AvgIpc) is 2.86. The first-order valence-electron chi connectivity index (χ1n) is 6.82. The quantitative estimate of drug-likeness (QED) is 0.854. The first-order chi connectivity index (χ1) is 10.1. The molecule has 112 valence electrons. The number of aromatic nitrogens is 2. The summed E-state index contributed by atoms with van der Waals surface area (Å²) in [6.45, 7) is 3.13. The fourth-order valence-electron chi connectivity index (χ4n) is 1.97. The predicted octanol–water partition coefficient (Wildman–Crippen LogP) is 2.12. The van der Waals surface area contributed by atoms with E-state index in [9.17, 15) is 4.79 Å². The highest BCUT2D eigenvalue weighted by atomic mass is 16.5. The van der Waals surface area contributed by atoms with Gasteiger partial charge in [0.2, 0.25) is 0 Å². The molecule has 0 aliphatic heterocycles. The second kappa shape index (κ2) is 6.90. The van der Waals surface area contributed by atoms with Gasteiger partial charge in [0.15, 0.2) is 5.82 Å². The number of carbonyl (C=O) groups is 1. The Balaban J connectivity index is 2.09. The van der Waals surface area contributed by atoms with E-state index in [2.05, 4.69) is 15.5 Å². The third-order valence-electron chi connectivity index (χ3n) is 2.79. The van der Waals surface area contributed by atoms with Gasteiger partial charge in [-0.2, -0.15) is 5.10 Å². The molecule has 2 aromatic rings. The lowest BCUT2D eigenvalue weighted by molar-refractivity contribution is 0.102. The van der Waals surface area contributed by atoms with Gasteiger partial charge in [-0.3, -0.25) is 9.89 Å². The Kier molecular flexibility index (Phi) is 4.94. The van der Waals surface area contributed by atoms with Crippen molar-refractivity contribution in [2.45, 2.75) is 13.5 Å². The van der Waals surface area contributed by atoms with Crippen LogP contribution in [0.1, 0.15) is 23.0 Å². The first-order valence-corrected chi connectivity index (χ1v) is 6.82. The van der Waals surface area contributed by atoms with Gasteiger partial charge in [0.25, 0.3) is 5.91 Å². The summed E-state index contributed by atoms with van der Waals surface area (Å²) in [6, 6.07) is 8.97. The number of amides is 1. The summed E-state index contributed by atoms with van der Waals surface area (Å²) in [5.41, 5.74) is 1.44. The van der Waals surface area contributed by atoms with Crippen LogP contribution in [0.4, 0.5) is 5.82 Å². The van der Waals surface area contributed by atoms with Crippen molar-refractivity contribution in [1.82, 2.24) is 15.1 Å². The third kappa shape index (κ3) is 4.06. The topological polar surface area (TPSA) is 70.2 Å². The zero-order valence-corrected chi connectivity index (χ0v) is 12.5. The number of rotatable bonds is 6. The molecule has 0 aliphatic rings. The molecule has 21 heavy (non-hydrogen) atoms. The highest BCUT2D eigenvalue weighted by molar-refractivity contribution is 6.05. The summed E-state index contributed by atoms with van der Waals surface area (Å²) in [5.74, 6) is 0.839. The molecule has 1 heterocycles. The van der Waals surface area contributed by atoms with Crippen LogP contribution >= 0.6 is 0 Å². The van der Waals surface area contributed by atoms with Crippen molar-refractivity contribution in [2.75, 3.05) is 26.0 Å². The van der Waals surface area contributed by atoms with Crippen molar-refractivity contribution in [3.63, 3.8) is 0 Å². The molecule has 6 heteroatoms. The van der Waals surface area contributed by atoms with Gasteiger partial charge < -0.3 is 15.0 Å². The van der Waals surface area contributed by atoms with Crippen LogP contribution in [0.5, 0.6) is 5.75 Å². The molecular formula is C15H20N4O2. The van der Waals surface area contributed by atoms with Crippen molar-refractivity contribution < 1.29 is 9.53 Å². The molecule has 1 amide bonds. The summed E-state index contributed by atoms with van der Waals surface area (Å²) in [6.07, 6.45) is 0. The van der Waals surface area contributed by atoms with Crippen LogP contribution in [0.2, 0.25) is 0 Å². The number of nitrogens with zero attached hydrogens (tertiary/aromatic N) is 2. The molecule has 2 rings (SSSR count). The van der Waals surface area contributed by atoms with Gasteiger partial charge in [-0.1, -0.05) is 12.1 Å². The Labute approximate surface area is 124 Å². The van der Waals surface area contributed by atoms with Gasteiger partial charge in [-0.05, 0) is 33.2 Å². The van der Waals surface area contributed by atoms with Gasteiger partial charge in [-0.25, -0.2) is 0 Å². The number of hydrogen-bond acceptors (Lipinski definition) is 4. The van der Waals surface area contributed by atoms with Crippen LogP contribution in [0.25, 0.3) is 0 Å². The number of H-pyrrole nitrogens is 1. The van der Waals surface area contributed by atoms with Crippen molar-refractivity contribution in [2.24, 2.45) is 0 Å². The second-order valence-electron chi connectivity index (χ2n) is 4.90. The van der Waals surface area contributed by atoms with Gasteiger partial charge in [0, 0.05) is 12.6 Å². The van der Waals surface area contributed by atoms with Crippen LogP contribution < -0.4 is 10.1 Å². The molecule has 0 spiro atoms. The molecule has 0 saturated heterocycles. The summed E-state index contributed by atoms with van der Waals surface area (Å²) >= 11 is 0. The lowest BCUT2D eigenvalue weighted by atomic mass is 10.2. The number of nitrogens with one attached hydrogen (secondary N) is 2. The van der Waals surface area contributed by atoms with Gasteiger partial charge >= 0.3 is 0 Å². The molecule has 0 fully saturated rings. The maximum atomic E-state index is 12.3. The number of aromatic amines is 1. The zero-order valence-electron chi connectivity index (χ0n) is 12.5. The number of ether oxygens (including phenoxy) is 1. The minimum Gasteiger partial charge on any atom is -0.493 e. The summed E-state index contributed by atoms with van der Waals surface area (Å²) < 4.78 is 5.46. The minimum absolute atomic E-state index is 0.234. The summed E-state index contributed by atoms with van der Waals surface area (Å²) in [5, 5.41) is 9.75. The van der Waals surface area contributed by atoms with Gasteiger partial charge in [-0.15, -0.1) is 0 Å². The van der Waals surface area contributed by atoms with E-state index in [0.717, 1.165) is 12.2 Å². The molecular weight excluding hydrogens is 268 g/mol. The number of hydrogen-bond donors (Lipinski definition) is 2. The summed E-state index contributed by atoms with van der Waals surface area (Å²) in [4.78, 5) is 14.3. The van der Waals surface area contributed by atoms with Crippen molar-refractivity contribution in [3.8, 4) is 5.75 Å². The van der Waals surface area contributed by atoms with E-state index in [1.54, 1.807) is 18.2 Å². The molecule has 0 aliphatic carbocycles. The lowest BCUT2D eigenvalue weighted by Gasteiger charge is -2.09. The number of carbonyl (C=O) groups excluding carboxylic acids is 1. The largest absolute Gasteiger partial charge is 0.493 e. The predicted molar refractivity (Wildman–Crippen MR) is 81.5 cm³/mol. The van der Waals surface area contributed by atoms with Gasteiger partial charge in [0.1, 0.15) is 5.75 Å². The standard InChI is InChI=1S/C15H20N4O2/c1-4-21-13-8-6-5-7-12(13)15(20)16-14-9-11(17-18-14)10-19(2)3/h5-9H,4,10H2,1-3H3,(H2,16,17,18,20). The van der Waals surface area contributed by atoms with Crippen LogP contribution in [-0.2, 0) is 6.54 Å². The molecule has 2 N–H and O–H groups in total. The number of benzene rings is 1. The number of anilines is 1. The molecule has 0 bridgehead atoms. The average molecular weight is 288 g/mol. The normalized spacial score (nSPS) is 10.7. The molecule has 0 unspecified atom stereocenters. The molecule has 6 nitrogen and oxygen atoms in total. The fourth-order valence-corrected chi connectivity index (χ4v) is 1.97. The lowest BCUT2D eigenvalue weighted by Crippen LogP contribution is -2.14. The Morgan fingerprint density at radius 3 is 2.86 bits per heavy atom. The van der Waals surface area contributed by atoms with E-state index in [0.29, 0.717) is 23.7 Å². The van der Waals surface area contributed by atoms with Crippen molar-refractivity contribution in [3.05, 3.63) is 41.6 Å². The van der Waals surface area contributed by atoms with E-state index < -0.39 is 0 Å². The van der Waals surface area contributed by atoms with Crippen LogP contribution in [0, 0.1) is 0 Å². The van der Waals surface area contributed by atoms with Crippen LogP contribution in [-0.4, -0.2) is 41.7 Å². The Hall–Kier alpha value is -2.34. The summed E-state index contributed by atoms with van der Waals surface area (Å²) in [7, 11) is 3.94. The van der Waals surface area contributed by atoms with Crippen LogP contribution in [0.15, 0.2) is 30.3 Å². The highest BCUT2D eigenvalue weighted by Gasteiger charge is 2.13. The monoisotopic (exact) mass is 288 g/mol. The van der Waals surface area contributed by atoms with Crippen molar-refractivity contribution in [1.29, 1.82) is 0 Å². The fraction of sp³-hybridized carbons (Fsp3) is 0.333. The second-order valence-corrected chi connectivity index (χ2v) is 4.90. The number of para-hydroxylation sites is 1. The van der Waals surface area contributed by atoms with E-state index in [-0.39, 0.29) is 5.91 Å². The first kappa shape index (κ1) is 15.1. The maximum absolute atomic E-state index is 12.3. The third-order valence-corrected chi connectivity index (χ3v) is 2.79. The maximum Gasteiger partial charge on any atom is 0.260 e. The smallest absolute Gasteiger partial charge is 0.260 e. The Morgan fingerprint density at radius 1 is 1.38 bits per heavy atom. The van der Waals surface area contributed by atoms with E-state index in [4.69, 9.17) is 4.74 Å². The molecule has 0 saturated carbocycles. The zero-order chi connectivity index (χ0) is 15.2. The SMILES string of the molecule is CCOc1ccccc1C(=O)Nc1cc(CN(C)C)[nH]n1. The van der Waals surface area contributed by atoms with E-state index >= 15 is 0 Å². The van der Waals surface area contributed by atoms with Crippen LogP contribution in [0.3, 0.4) is 0 Å². The molecule has 1 aromatic carbocycles. The van der Waals surface area contributed by atoms with E-state index in [1.807, 2.05) is 38.1 Å². The molecule has 0 atom stereocenters. The van der Waals surface area contributed by atoms with Crippen molar-refractivity contribution >= 4 is 11.7 Å². The van der Waals surface area contributed by atoms with Gasteiger partial charge in [0.05, 0.1) is 17.9 Å².